The number of benzene rings is 1. The summed E-state index contributed by atoms with van der Waals surface area (Å²) in [5.74, 6) is 1.14. The summed E-state index contributed by atoms with van der Waals surface area (Å²) in [6, 6.07) is 3.65. The first kappa shape index (κ1) is 21.4. The Morgan fingerprint density at radius 3 is 2.44 bits per heavy atom. The average molecular weight is 373 g/mol. The molecule has 0 aromatic heterocycles. The van der Waals surface area contributed by atoms with E-state index < -0.39 is 0 Å². The molecule has 7 heteroatoms. The lowest BCUT2D eigenvalue weighted by molar-refractivity contribution is 0.0925. The molecule has 6 nitrogen and oxygen atoms in total. The maximum absolute atomic E-state index is 12.6. The first-order chi connectivity index (χ1) is 11.4. The highest BCUT2D eigenvalue weighted by atomic mass is 35.5. The summed E-state index contributed by atoms with van der Waals surface area (Å²) in [6.07, 6.45) is 2.32. The van der Waals surface area contributed by atoms with Crippen molar-refractivity contribution in [2.75, 3.05) is 34.4 Å². The summed E-state index contributed by atoms with van der Waals surface area (Å²) in [5.41, 5.74) is 0.594. The summed E-state index contributed by atoms with van der Waals surface area (Å²) in [4.78, 5) is 12.6. The van der Waals surface area contributed by atoms with E-state index in [1.165, 1.54) is 20.6 Å². The van der Waals surface area contributed by atoms with Gasteiger partial charge in [-0.2, -0.15) is 0 Å². The van der Waals surface area contributed by atoms with E-state index in [9.17, 15) is 4.79 Å². The number of carbonyl (C=O) groups excluding carboxylic acids is 1. The normalized spacial score (nSPS) is 18.7. The van der Waals surface area contributed by atoms with Gasteiger partial charge >= 0.3 is 0 Å². The number of methoxy groups -OCH3 is 3. The number of nitrogens with one attached hydrogen (secondary N) is 2. The molecule has 1 atom stereocenters. The molecule has 0 saturated carbocycles. The molecule has 0 bridgehead atoms. The van der Waals surface area contributed by atoms with Crippen molar-refractivity contribution in [2.45, 2.75) is 32.7 Å². The number of hydrogen-bond donors (Lipinski definition) is 2. The topological polar surface area (TPSA) is 68.8 Å². The molecule has 1 fully saturated rings. The van der Waals surface area contributed by atoms with Crippen LogP contribution in [0, 0.1) is 5.41 Å². The number of rotatable bonds is 6. The van der Waals surface area contributed by atoms with Crippen LogP contribution in [0.4, 0.5) is 0 Å². The minimum atomic E-state index is -0.184. The maximum Gasteiger partial charge on any atom is 0.255 e. The van der Waals surface area contributed by atoms with E-state index in [4.69, 9.17) is 14.2 Å². The smallest absolute Gasteiger partial charge is 0.255 e. The standard InChI is InChI=1S/C18H28N2O4.ClH/c1-18(2)9-6-10-19-14(18)11-20-17(21)12-7-8-13(22-3)16(24-5)15(12)23-4;/h7-8,14,19H,6,9-11H2,1-5H3,(H,20,21);1H. The van der Waals surface area contributed by atoms with E-state index in [1.807, 2.05) is 0 Å². The van der Waals surface area contributed by atoms with Gasteiger partial charge in [-0.05, 0) is 36.9 Å². The van der Waals surface area contributed by atoms with Gasteiger partial charge in [-0.1, -0.05) is 13.8 Å². The van der Waals surface area contributed by atoms with E-state index in [2.05, 4.69) is 24.5 Å². The van der Waals surface area contributed by atoms with Crippen LogP contribution in [0.1, 0.15) is 37.0 Å². The molecular weight excluding hydrogens is 344 g/mol. The molecule has 142 valence electrons. The van der Waals surface area contributed by atoms with Crippen LogP contribution < -0.4 is 24.8 Å². The van der Waals surface area contributed by atoms with Gasteiger partial charge in [0.15, 0.2) is 11.5 Å². The van der Waals surface area contributed by atoms with Gasteiger partial charge in [0.2, 0.25) is 5.75 Å². The quantitative estimate of drug-likeness (QED) is 0.803. The van der Waals surface area contributed by atoms with Crippen molar-refractivity contribution in [2.24, 2.45) is 5.41 Å². The third-order valence-electron chi connectivity index (χ3n) is 4.75. The fraction of sp³-hybridized carbons (Fsp3) is 0.611. The molecule has 1 unspecified atom stereocenters. The van der Waals surface area contributed by atoms with Gasteiger partial charge in [0.05, 0.1) is 26.9 Å². The summed E-state index contributed by atoms with van der Waals surface area (Å²) >= 11 is 0. The Hall–Kier alpha value is -1.66. The van der Waals surface area contributed by atoms with Crippen molar-refractivity contribution in [1.82, 2.24) is 10.6 Å². The lowest BCUT2D eigenvalue weighted by Gasteiger charge is -2.39. The second-order valence-electron chi connectivity index (χ2n) is 6.69. The Bertz CT molecular complexity index is 593. The Kier molecular flexibility index (Phi) is 7.83. The van der Waals surface area contributed by atoms with Crippen molar-refractivity contribution in [3.8, 4) is 17.2 Å². The largest absolute Gasteiger partial charge is 0.493 e. The van der Waals surface area contributed by atoms with Crippen LogP contribution in [-0.4, -0.2) is 46.4 Å². The second kappa shape index (κ2) is 9.15. The zero-order valence-corrected chi connectivity index (χ0v) is 16.4. The average Bonchev–Trinajstić information content (AvgIpc) is 2.58. The second-order valence-corrected chi connectivity index (χ2v) is 6.69. The zero-order valence-electron chi connectivity index (χ0n) is 15.6. The van der Waals surface area contributed by atoms with Crippen molar-refractivity contribution in [3.05, 3.63) is 17.7 Å². The van der Waals surface area contributed by atoms with Crippen LogP contribution >= 0.6 is 12.4 Å². The van der Waals surface area contributed by atoms with Gasteiger partial charge in [-0.15, -0.1) is 12.4 Å². The minimum absolute atomic E-state index is 0. The molecule has 0 spiro atoms. The lowest BCUT2D eigenvalue weighted by atomic mass is 9.77. The molecule has 25 heavy (non-hydrogen) atoms. The van der Waals surface area contributed by atoms with Crippen LogP contribution in [0.2, 0.25) is 0 Å². The van der Waals surface area contributed by atoms with E-state index >= 15 is 0 Å². The molecule has 1 aromatic rings. The van der Waals surface area contributed by atoms with Gasteiger partial charge in [-0.25, -0.2) is 0 Å². The summed E-state index contributed by atoms with van der Waals surface area (Å²) < 4.78 is 16.0. The first-order valence-corrected chi connectivity index (χ1v) is 8.25. The molecule has 2 rings (SSSR count). The van der Waals surface area contributed by atoms with Crippen LogP contribution in [0.15, 0.2) is 12.1 Å². The van der Waals surface area contributed by atoms with Gasteiger partial charge in [0.1, 0.15) is 0 Å². The molecular formula is C18H29ClN2O4. The highest BCUT2D eigenvalue weighted by Gasteiger charge is 2.32. The third-order valence-corrected chi connectivity index (χ3v) is 4.75. The first-order valence-electron chi connectivity index (χ1n) is 8.25. The number of amides is 1. The molecule has 0 radical (unpaired) electrons. The maximum atomic E-state index is 12.6. The van der Waals surface area contributed by atoms with Crippen LogP contribution in [0.5, 0.6) is 17.2 Å². The fourth-order valence-electron chi connectivity index (χ4n) is 3.19. The van der Waals surface area contributed by atoms with Gasteiger partial charge < -0.3 is 24.8 Å². The van der Waals surface area contributed by atoms with Crippen LogP contribution in [0.25, 0.3) is 0 Å². The minimum Gasteiger partial charge on any atom is -0.493 e. The van der Waals surface area contributed by atoms with Crippen molar-refractivity contribution >= 4 is 18.3 Å². The molecule has 1 heterocycles. The SMILES string of the molecule is COc1ccc(C(=O)NCC2NCCCC2(C)C)c(OC)c1OC.Cl. The number of hydrogen-bond acceptors (Lipinski definition) is 5. The highest BCUT2D eigenvalue weighted by Crippen LogP contribution is 2.39. The number of carbonyl (C=O) groups is 1. The Morgan fingerprint density at radius 1 is 1.20 bits per heavy atom. The predicted molar refractivity (Wildman–Crippen MR) is 100 cm³/mol. The highest BCUT2D eigenvalue weighted by molar-refractivity contribution is 5.98. The van der Waals surface area contributed by atoms with E-state index in [0.29, 0.717) is 29.4 Å². The van der Waals surface area contributed by atoms with Gasteiger partial charge in [0.25, 0.3) is 5.91 Å². The van der Waals surface area contributed by atoms with Crippen molar-refractivity contribution in [3.63, 3.8) is 0 Å². The summed E-state index contributed by atoms with van der Waals surface area (Å²) in [5, 5.41) is 6.50. The Balaban J connectivity index is 0.00000312. The molecule has 1 aromatic carbocycles. The lowest BCUT2D eigenvalue weighted by Crippen LogP contribution is -2.52. The third kappa shape index (κ3) is 4.70. The predicted octanol–water partition coefficient (Wildman–Crippen LogP) is 2.64. The van der Waals surface area contributed by atoms with E-state index in [0.717, 1.165) is 13.0 Å². The molecule has 1 aliphatic heterocycles. The Labute approximate surface area is 156 Å². The van der Waals surface area contributed by atoms with E-state index in [-0.39, 0.29) is 29.8 Å². The number of halogens is 1. The van der Waals surface area contributed by atoms with Crippen LogP contribution in [0.3, 0.4) is 0 Å². The zero-order chi connectivity index (χ0) is 17.7. The summed E-state index contributed by atoms with van der Waals surface area (Å²) in [7, 11) is 4.59. The fourth-order valence-corrected chi connectivity index (χ4v) is 3.19. The molecule has 1 saturated heterocycles. The molecule has 2 N–H and O–H groups in total. The monoisotopic (exact) mass is 372 g/mol. The molecule has 1 amide bonds. The van der Waals surface area contributed by atoms with Crippen molar-refractivity contribution in [1.29, 1.82) is 0 Å². The van der Waals surface area contributed by atoms with Crippen molar-refractivity contribution < 1.29 is 19.0 Å². The number of piperidine rings is 1. The van der Waals surface area contributed by atoms with Crippen LogP contribution in [-0.2, 0) is 0 Å². The van der Waals surface area contributed by atoms with E-state index in [1.54, 1.807) is 19.2 Å². The molecule has 1 aliphatic rings. The summed E-state index contributed by atoms with van der Waals surface area (Å²) in [6.45, 7) is 6.02. The Morgan fingerprint density at radius 2 is 1.88 bits per heavy atom. The van der Waals surface area contributed by atoms with Gasteiger partial charge in [0, 0.05) is 12.6 Å². The molecule has 0 aliphatic carbocycles. The van der Waals surface area contributed by atoms with Gasteiger partial charge in [-0.3, -0.25) is 4.79 Å². The number of ether oxygens (including phenoxy) is 3.